The summed E-state index contributed by atoms with van der Waals surface area (Å²) >= 11 is 0. The van der Waals surface area contributed by atoms with E-state index in [-0.39, 0.29) is 24.9 Å². The molecule has 0 aromatic heterocycles. The lowest BCUT2D eigenvalue weighted by Crippen LogP contribution is -2.35. The van der Waals surface area contributed by atoms with Gasteiger partial charge in [0.15, 0.2) is 0 Å². The molecule has 1 aliphatic heterocycles. The van der Waals surface area contributed by atoms with Crippen molar-refractivity contribution in [2.75, 3.05) is 6.54 Å². The summed E-state index contributed by atoms with van der Waals surface area (Å²) in [5, 5.41) is 8.79. The number of benzene rings is 1. The van der Waals surface area contributed by atoms with Crippen LogP contribution in [0.1, 0.15) is 40.7 Å². The smallest absolute Gasteiger partial charge is 0.305 e. The highest BCUT2D eigenvalue weighted by Gasteiger charge is 2.33. The number of carbonyl (C=O) groups excluding carboxylic acids is 1. The number of carboxylic acid groups (broad SMARTS) is 1. The van der Waals surface area contributed by atoms with Gasteiger partial charge in [0, 0.05) is 18.2 Å². The molecule has 3 rings (SSSR count). The van der Waals surface area contributed by atoms with Gasteiger partial charge in [-0.2, -0.15) is 0 Å². The van der Waals surface area contributed by atoms with Gasteiger partial charge in [-0.05, 0) is 36.1 Å². The van der Waals surface area contributed by atoms with Crippen LogP contribution in [0.4, 0.5) is 0 Å². The number of carboxylic acids is 1. The van der Waals surface area contributed by atoms with Gasteiger partial charge < -0.3 is 14.7 Å². The zero-order valence-corrected chi connectivity index (χ0v) is 11.2. The third kappa shape index (κ3) is 2.67. The Balaban J connectivity index is 1.76. The van der Waals surface area contributed by atoms with Crippen LogP contribution in [0.25, 0.3) is 0 Å². The van der Waals surface area contributed by atoms with Gasteiger partial charge in [0.05, 0.1) is 19.6 Å². The fourth-order valence-electron chi connectivity index (χ4n) is 2.52. The Kier molecular flexibility index (Phi) is 3.44. The van der Waals surface area contributed by atoms with Crippen LogP contribution in [0, 0.1) is 0 Å². The molecular formula is C15H17NO4. The fourth-order valence-corrected chi connectivity index (χ4v) is 2.52. The summed E-state index contributed by atoms with van der Waals surface area (Å²) in [6, 6.07) is 5.83. The lowest BCUT2D eigenvalue weighted by atomic mass is 10.1. The zero-order chi connectivity index (χ0) is 14.1. The molecule has 0 bridgehead atoms. The number of rotatable bonds is 5. The van der Waals surface area contributed by atoms with E-state index in [4.69, 9.17) is 9.84 Å². The third-order valence-corrected chi connectivity index (χ3v) is 3.78. The average molecular weight is 275 g/mol. The summed E-state index contributed by atoms with van der Waals surface area (Å²) in [5.74, 6) is -0.936. The van der Waals surface area contributed by atoms with Gasteiger partial charge in [-0.3, -0.25) is 9.59 Å². The topological polar surface area (TPSA) is 66.8 Å². The Morgan fingerprint density at radius 2 is 2.00 bits per heavy atom. The maximum absolute atomic E-state index is 12.5. The molecule has 1 fully saturated rings. The van der Waals surface area contributed by atoms with Gasteiger partial charge in [0.25, 0.3) is 5.91 Å². The molecule has 20 heavy (non-hydrogen) atoms. The van der Waals surface area contributed by atoms with Crippen molar-refractivity contribution in [2.24, 2.45) is 0 Å². The number of hydrogen-bond donors (Lipinski definition) is 1. The van der Waals surface area contributed by atoms with Crippen LogP contribution in [-0.4, -0.2) is 34.5 Å². The molecule has 1 aromatic carbocycles. The van der Waals surface area contributed by atoms with Crippen molar-refractivity contribution >= 4 is 11.9 Å². The highest BCUT2D eigenvalue weighted by Crippen LogP contribution is 2.29. The molecule has 0 spiro atoms. The lowest BCUT2D eigenvalue weighted by molar-refractivity contribution is -0.137. The molecule has 1 amide bonds. The van der Waals surface area contributed by atoms with Crippen LogP contribution >= 0.6 is 0 Å². The second-order valence-corrected chi connectivity index (χ2v) is 5.35. The van der Waals surface area contributed by atoms with E-state index < -0.39 is 5.97 Å². The van der Waals surface area contributed by atoms with Gasteiger partial charge >= 0.3 is 5.97 Å². The quantitative estimate of drug-likeness (QED) is 0.889. The molecule has 5 heteroatoms. The van der Waals surface area contributed by atoms with Crippen molar-refractivity contribution < 1.29 is 19.4 Å². The van der Waals surface area contributed by atoms with E-state index in [9.17, 15) is 9.59 Å². The highest BCUT2D eigenvalue weighted by atomic mass is 16.5. The molecule has 0 atom stereocenters. The van der Waals surface area contributed by atoms with Crippen LogP contribution in [-0.2, 0) is 22.7 Å². The highest BCUT2D eigenvalue weighted by molar-refractivity contribution is 5.95. The van der Waals surface area contributed by atoms with E-state index in [1.165, 1.54) is 0 Å². The summed E-state index contributed by atoms with van der Waals surface area (Å²) in [5.41, 5.74) is 2.82. The minimum atomic E-state index is -0.870. The van der Waals surface area contributed by atoms with Crippen molar-refractivity contribution in [1.29, 1.82) is 0 Å². The van der Waals surface area contributed by atoms with Gasteiger partial charge in [-0.25, -0.2) is 0 Å². The second-order valence-electron chi connectivity index (χ2n) is 5.35. The standard InChI is InChI=1S/C15H17NO4/c17-14(18)5-6-16(13-3-4-13)15(19)10-1-2-11-8-20-9-12(11)7-10/h1-2,7,13H,3-6,8-9H2,(H,17,18). The first-order chi connectivity index (χ1) is 9.65. The number of hydrogen-bond acceptors (Lipinski definition) is 3. The maximum atomic E-state index is 12.5. The molecule has 1 N–H and O–H groups in total. The lowest BCUT2D eigenvalue weighted by Gasteiger charge is -2.22. The van der Waals surface area contributed by atoms with Gasteiger partial charge in [-0.1, -0.05) is 6.07 Å². The first-order valence-corrected chi connectivity index (χ1v) is 6.87. The second kappa shape index (κ2) is 5.25. The molecule has 0 unspecified atom stereocenters. The predicted molar refractivity (Wildman–Crippen MR) is 71.2 cm³/mol. The minimum Gasteiger partial charge on any atom is -0.481 e. The maximum Gasteiger partial charge on any atom is 0.305 e. The normalized spacial score (nSPS) is 16.8. The van der Waals surface area contributed by atoms with Crippen LogP contribution in [0.2, 0.25) is 0 Å². The molecule has 1 saturated carbocycles. The summed E-state index contributed by atoms with van der Waals surface area (Å²) in [7, 11) is 0. The zero-order valence-electron chi connectivity index (χ0n) is 11.2. The number of amides is 1. The number of fused-ring (bicyclic) bond motifs is 1. The Hall–Kier alpha value is -1.88. The summed E-state index contributed by atoms with van der Waals surface area (Å²) in [4.78, 5) is 24.9. The van der Waals surface area contributed by atoms with E-state index in [0.717, 1.165) is 24.0 Å². The SMILES string of the molecule is O=C(O)CCN(C(=O)c1ccc2c(c1)COC2)C1CC1. The largest absolute Gasteiger partial charge is 0.481 e. The summed E-state index contributed by atoms with van der Waals surface area (Å²) in [6.45, 7) is 1.44. The fraction of sp³-hybridized carbons (Fsp3) is 0.467. The van der Waals surface area contributed by atoms with Crippen LogP contribution in [0.3, 0.4) is 0 Å². The van der Waals surface area contributed by atoms with Crippen LogP contribution in [0.15, 0.2) is 18.2 Å². The van der Waals surface area contributed by atoms with Crippen LogP contribution in [0.5, 0.6) is 0 Å². The third-order valence-electron chi connectivity index (χ3n) is 3.78. The first-order valence-electron chi connectivity index (χ1n) is 6.87. The molecule has 5 nitrogen and oxygen atoms in total. The summed E-state index contributed by atoms with van der Waals surface area (Å²) < 4.78 is 5.35. The minimum absolute atomic E-state index is 0.00368. The average Bonchev–Trinajstić information content (AvgIpc) is 3.15. The van der Waals surface area contributed by atoms with Crippen molar-refractivity contribution in [3.8, 4) is 0 Å². The molecule has 1 aliphatic carbocycles. The molecule has 106 valence electrons. The molecule has 2 aliphatic rings. The monoisotopic (exact) mass is 275 g/mol. The van der Waals surface area contributed by atoms with Crippen molar-refractivity contribution in [3.05, 3.63) is 34.9 Å². The van der Waals surface area contributed by atoms with Crippen molar-refractivity contribution in [3.63, 3.8) is 0 Å². The van der Waals surface area contributed by atoms with Crippen molar-refractivity contribution in [2.45, 2.75) is 38.5 Å². The Labute approximate surface area is 117 Å². The van der Waals surface area contributed by atoms with Gasteiger partial charge in [0.1, 0.15) is 0 Å². The van der Waals surface area contributed by atoms with E-state index in [2.05, 4.69) is 0 Å². The molecule has 0 radical (unpaired) electrons. The predicted octanol–water partition coefficient (Wildman–Crippen LogP) is 1.80. The van der Waals surface area contributed by atoms with E-state index in [1.807, 2.05) is 18.2 Å². The molecule has 1 aromatic rings. The number of carbonyl (C=O) groups is 2. The van der Waals surface area contributed by atoms with Crippen molar-refractivity contribution in [1.82, 2.24) is 4.90 Å². The Bertz CT molecular complexity index is 551. The van der Waals surface area contributed by atoms with E-state index in [0.29, 0.717) is 18.8 Å². The van der Waals surface area contributed by atoms with E-state index >= 15 is 0 Å². The number of nitrogens with zero attached hydrogens (tertiary/aromatic N) is 1. The Morgan fingerprint density at radius 1 is 1.25 bits per heavy atom. The van der Waals surface area contributed by atoms with Crippen LogP contribution < -0.4 is 0 Å². The molecule has 0 saturated heterocycles. The van der Waals surface area contributed by atoms with Gasteiger partial charge in [-0.15, -0.1) is 0 Å². The molecular weight excluding hydrogens is 258 g/mol. The number of ether oxygens (including phenoxy) is 1. The van der Waals surface area contributed by atoms with Gasteiger partial charge in [0.2, 0.25) is 0 Å². The number of aliphatic carboxylic acids is 1. The van der Waals surface area contributed by atoms with E-state index in [1.54, 1.807) is 4.90 Å². The first kappa shape index (κ1) is 13.1. The summed E-state index contributed by atoms with van der Waals surface area (Å²) in [6.07, 6.45) is 1.94. The molecule has 1 heterocycles. The Morgan fingerprint density at radius 3 is 2.70 bits per heavy atom.